The molecule has 2 aromatic rings. The van der Waals surface area contributed by atoms with Crippen molar-refractivity contribution < 1.29 is 19.8 Å². The van der Waals surface area contributed by atoms with E-state index in [1.807, 2.05) is 27.0 Å². The second kappa shape index (κ2) is 8.45. The lowest BCUT2D eigenvalue weighted by atomic mass is 9.49. The molecule has 1 aliphatic heterocycles. The molecule has 2 aliphatic carbocycles. The van der Waals surface area contributed by atoms with E-state index >= 15 is 0 Å². The third-order valence-electron chi connectivity index (χ3n) is 8.58. The number of nitrogens with one attached hydrogen (secondary N) is 2. The van der Waals surface area contributed by atoms with Crippen LogP contribution < -0.4 is 16.6 Å². The molecule has 1 unspecified atom stereocenters. The zero-order chi connectivity index (χ0) is 26.0. The van der Waals surface area contributed by atoms with Crippen LogP contribution in [-0.4, -0.2) is 63.2 Å². The summed E-state index contributed by atoms with van der Waals surface area (Å²) in [5, 5.41) is 25.2. The maximum absolute atomic E-state index is 13.0. The molecule has 192 valence electrons. The molecular formula is C27H34N4O5. The van der Waals surface area contributed by atoms with Crippen LogP contribution >= 0.6 is 0 Å². The molecule has 1 aromatic heterocycles. The van der Waals surface area contributed by atoms with E-state index in [1.54, 1.807) is 18.2 Å². The van der Waals surface area contributed by atoms with E-state index in [1.165, 1.54) is 0 Å². The number of amides is 2. The highest BCUT2D eigenvalue weighted by molar-refractivity contribution is 5.97. The number of benzene rings is 1. The Labute approximate surface area is 209 Å². The lowest BCUT2D eigenvalue weighted by Gasteiger charge is -2.63. The summed E-state index contributed by atoms with van der Waals surface area (Å²) >= 11 is 0. The number of fused-ring (bicyclic) bond motifs is 2. The maximum Gasteiger partial charge on any atom is 0.261 e. The highest BCUT2D eigenvalue weighted by Gasteiger charge is 2.64. The molecule has 0 saturated carbocycles. The molecular weight excluding hydrogens is 460 g/mol. The number of hydrogen-bond acceptors (Lipinski definition) is 6. The average Bonchev–Trinajstić information content (AvgIpc) is 2.79. The fraction of sp³-hybridized carbons (Fsp3) is 0.519. The van der Waals surface area contributed by atoms with Crippen molar-refractivity contribution in [1.82, 2.24) is 15.2 Å². The van der Waals surface area contributed by atoms with Gasteiger partial charge in [0, 0.05) is 30.0 Å². The standard InChI is InChI=1S/C27H34N4O5/c1-14(2)8-20(23(28)33)29-24(34)18-9-16-12-27(36)22-10-15-4-5-17(32)11-19(15)26(27,6-7-31(22)3)13-21(16)30-25(18)35/h4-5,9,11,14,20,22,32,36H,6-8,10,12-13H2,1-3H3,(H2,28,33)(H,29,34)(H,30,35)/t20-,22+,26?,27-/m0/s1. The number of likely N-dealkylation sites (N-methyl/N-ethyl adjacent to an activating group) is 1. The van der Waals surface area contributed by atoms with Gasteiger partial charge in [-0.05, 0) is 73.7 Å². The van der Waals surface area contributed by atoms with E-state index in [-0.39, 0.29) is 29.7 Å². The molecule has 6 N–H and O–H groups in total. The number of rotatable bonds is 5. The quantitative estimate of drug-likeness (QED) is 0.414. The van der Waals surface area contributed by atoms with Crippen molar-refractivity contribution in [2.45, 2.75) is 69.1 Å². The fourth-order valence-electron chi connectivity index (χ4n) is 6.78. The van der Waals surface area contributed by atoms with Gasteiger partial charge >= 0.3 is 0 Å². The minimum Gasteiger partial charge on any atom is -0.508 e. The molecule has 2 bridgehead atoms. The largest absolute Gasteiger partial charge is 0.508 e. The second-order valence-electron chi connectivity index (χ2n) is 11.2. The van der Waals surface area contributed by atoms with Gasteiger partial charge < -0.3 is 31.1 Å². The molecule has 4 atom stereocenters. The third-order valence-corrected chi connectivity index (χ3v) is 8.58. The molecule has 0 radical (unpaired) electrons. The summed E-state index contributed by atoms with van der Waals surface area (Å²) in [6, 6.07) is 5.89. The number of carbonyl (C=O) groups excluding carboxylic acids is 2. The van der Waals surface area contributed by atoms with Gasteiger partial charge in [-0.3, -0.25) is 14.4 Å². The number of primary amides is 1. The van der Waals surface area contributed by atoms with Crippen LogP contribution in [0.1, 0.15) is 59.4 Å². The highest BCUT2D eigenvalue weighted by atomic mass is 16.3. The predicted molar refractivity (Wildman–Crippen MR) is 134 cm³/mol. The van der Waals surface area contributed by atoms with Crippen LogP contribution in [0.3, 0.4) is 0 Å². The number of likely N-dealkylation sites (tertiary alicyclic amines) is 1. The molecule has 5 rings (SSSR count). The van der Waals surface area contributed by atoms with Gasteiger partial charge in [0.2, 0.25) is 5.91 Å². The first-order chi connectivity index (χ1) is 16.9. The van der Waals surface area contributed by atoms with Crippen LogP contribution in [0.5, 0.6) is 5.75 Å². The van der Waals surface area contributed by atoms with Crippen molar-refractivity contribution in [3.63, 3.8) is 0 Å². The monoisotopic (exact) mass is 494 g/mol. The second-order valence-corrected chi connectivity index (χ2v) is 11.2. The van der Waals surface area contributed by atoms with Gasteiger partial charge in [0.15, 0.2) is 0 Å². The Balaban J connectivity index is 1.56. The Kier molecular flexibility index (Phi) is 5.76. The summed E-state index contributed by atoms with van der Waals surface area (Å²) in [6.45, 7) is 4.62. The number of nitrogens with two attached hydrogens (primary N) is 1. The summed E-state index contributed by atoms with van der Waals surface area (Å²) in [7, 11) is 2.01. The number of pyridine rings is 1. The van der Waals surface area contributed by atoms with E-state index in [4.69, 9.17) is 5.73 Å². The lowest BCUT2D eigenvalue weighted by molar-refractivity contribution is -0.145. The summed E-state index contributed by atoms with van der Waals surface area (Å²) in [6.07, 6.45) is 2.34. The van der Waals surface area contributed by atoms with Crippen LogP contribution in [-0.2, 0) is 29.5 Å². The van der Waals surface area contributed by atoms with Crippen molar-refractivity contribution in [3.8, 4) is 5.75 Å². The first-order valence-electron chi connectivity index (χ1n) is 12.6. The number of aromatic nitrogens is 1. The number of hydrogen-bond donors (Lipinski definition) is 5. The van der Waals surface area contributed by atoms with Crippen LogP contribution in [0.2, 0.25) is 0 Å². The van der Waals surface area contributed by atoms with Crippen molar-refractivity contribution in [3.05, 3.63) is 62.6 Å². The Morgan fingerprint density at radius 1 is 1.25 bits per heavy atom. The van der Waals surface area contributed by atoms with Gasteiger partial charge in [-0.1, -0.05) is 19.9 Å². The molecule has 9 nitrogen and oxygen atoms in total. The van der Waals surface area contributed by atoms with Gasteiger partial charge in [-0.15, -0.1) is 0 Å². The summed E-state index contributed by atoms with van der Waals surface area (Å²) in [5.41, 5.74) is 6.44. The topological polar surface area (TPSA) is 149 Å². The van der Waals surface area contributed by atoms with E-state index in [2.05, 4.69) is 15.2 Å². The first-order valence-corrected chi connectivity index (χ1v) is 12.6. The number of phenolic OH excluding ortho intramolecular Hbond substituents is 1. The molecule has 1 saturated heterocycles. The number of piperidine rings is 1. The number of H-pyrrole nitrogens is 1. The minimum atomic E-state index is -1.15. The van der Waals surface area contributed by atoms with Crippen LogP contribution in [0.4, 0.5) is 0 Å². The maximum atomic E-state index is 13.0. The lowest BCUT2D eigenvalue weighted by Crippen LogP contribution is -2.73. The molecule has 0 spiro atoms. The number of carbonyl (C=O) groups is 2. The fourth-order valence-corrected chi connectivity index (χ4v) is 6.78. The van der Waals surface area contributed by atoms with Crippen LogP contribution in [0.25, 0.3) is 0 Å². The van der Waals surface area contributed by atoms with Crippen LogP contribution in [0, 0.1) is 5.92 Å². The zero-order valence-corrected chi connectivity index (χ0v) is 20.9. The molecule has 1 fully saturated rings. The molecule has 9 heteroatoms. The first kappa shape index (κ1) is 24.5. The van der Waals surface area contributed by atoms with E-state index in [0.717, 1.165) is 17.7 Å². The van der Waals surface area contributed by atoms with E-state index < -0.39 is 34.4 Å². The number of nitrogens with zero attached hydrogens (tertiary/aromatic N) is 1. The number of aliphatic hydroxyl groups is 1. The number of phenols is 1. The number of aromatic hydroxyl groups is 1. The smallest absolute Gasteiger partial charge is 0.261 e. The summed E-state index contributed by atoms with van der Waals surface area (Å²) < 4.78 is 0. The molecule has 1 aromatic carbocycles. The molecule has 2 amide bonds. The Bertz CT molecular complexity index is 1300. The zero-order valence-electron chi connectivity index (χ0n) is 20.9. The molecule has 36 heavy (non-hydrogen) atoms. The van der Waals surface area contributed by atoms with Crippen molar-refractivity contribution in [1.29, 1.82) is 0 Å². The minimum absolute atomic E-state index is 0.101. The number of aromatic amines is 1. The summed E-state index contributed by atoms with van der Waals surface area (Å²) in [5.74, 6) is -1.03. The van der Waals surface area contributed by atoms with Gasteiger partial charge in [0.25, 0.3) is 11.5 Å². The Hall–Kier alpha value is -3.17. The van der Waals surface area contributed by atoms with E-state index in [9.17, 15) is 24.6 Å². The average molecular weight is 495 g/mol. The van der Waals surface area contributed by atoms with Gasteiger partial charge in [0.05, 0.1) is 5.60 Å². The van der Waals surface area contributed by atoms with Crippen molar-refractivity contribution in [2.24, 2.45) is 11.7 Å². The van der Waals surface area contributed by atoms with Gasteiger partial charge in [-0.25, -0.2) is 0 Å². The normalized spacial score (nSPS) is 27.5. The molecule has 3 aliphatic rings. The van der Waals surface area contributed by atoms with E-state index in [0.29, 0.717) is 36.9 Å². The SMILES string of the molecule is CC(C)C[C@H](NC(=O)c1cc2c([nH]c1=O)CC13CCN(C)[C@H](Cc4ccc(O)cc41)[C@@]3(O)C2)C(N)=O. The molecule has 2 heterocycles. The van der Waals surface area contributed by atoms with Crippen LogP contribution in [0.15, 0.2) is 29.1 Å². The highest BCUT2D eigenvalue weighted by Crippen LogP contribution is 2.56. The Morgan fingerprint density at radius 2 is 2.00 bits per heavy atom. The van der Waals surface area contributed by atoms with Crippen molar-refractivity contribution >= 4 is 11.8 Å². The summed E-state index contributed by atoms with van der Waals surface area (Å²) in [4.78, 5) is 43.0. The van der Waals surface area contributed by atoms with Gasteiger partial charge in [-0.2, -0.15) is 0 Å². The van der Waals surface area contributed by atoms with Crippen molar-refractivity contribution in [2.75, 3.05) is 13.6 Å². The Morgan fingerprint density at radius 3 is 2.69 bits per heavy atom. The predicted octanol–water partition coefficient (Wildman–Crippen LogP) is 0.738. The third kappa shape index (κ3) is 3.64. The van der Waals surface area contributed by atoms with Gasteiger partial charge in [0.1, 0.15) is 17.4 Å².